The molecule has 0 aromatic carbocycles. The molecule has 1 fully saturated rings. The van der Waals surface area contributed by atoms with Crippen LogP contribution in [-0.4, -0.2) is 23.2 Å². The highest BCUT2D eigenvalue weighted by Crippen LogP contribution is 2.34. The number of hydrogen-bond donors (Lipinski definition) is 0. The molecule has 4 heteroatoms. The fourth-order valence-corrected chi connectivity index (χ4v) is 3.42. The molecular formula is C13H18ClNOS. The van der Waals surface area contributed by atoms with Crippen molar-refractivity contribution in [3.05, 3.63) is 22.4 Å². The lowest BCUT2D eigenvalue weighted by Gasteiger charge is -2.23. The Hall–Kier alpha value is -0.540. The number of unbranched alkanes of at least 4 members (excludes halogenated alkanes) is 1. The number of nitrogens with zero attached hydrogens (tertiary/aromatic N) is 1. The van der Waals surface area contributed by atoms with Gasteiger partial charge in [0, 0.05) is 23.7 Å². The summed E-state index contributed by atoms with van der Waals surface area (Å²) in [7, 11) is 0. The first kappa shape index (κ1) is 12.9. The van der Waals surface area contributed by atoms with Gasteiger partial charge in [-0.3, -0.25) is 4.79 Å². The van der Waals surface area contributed by atoms with Gasteiger partial charge in [-0.15, -0.1) is 22.9 Å². The van der Waals surface area contributed by atoms with Crippen LogP contribution in [0.5, 0.6) is 0 Å². The Labute approximate surface area is 112 Å². The van der Waals surface area contributed by atoms with Crippen molar-refractivity contribution in [2.75, 3.05) is 12.4 Å². The van der Waals surface area contributed by atoms with Crippen LogP contribution in [-0.2, 0) is 4.79 Å². The van der Waals surface area contributed by atoms with Gasteiger partial charge in [0.25, 0.3) is 0 Å². The van der Waals surface area contributed by atoms with Crippen LogP contribution in [0.25, 0.3) is 0 Å². The highest BCUT2D eigenvalue weighted by atomic mass is 35.5. The predicted octanol–water partition coefficient (Wildman–Crippen LogP) is 3.82. The minimum absolute atomic E-state index is 0.297. The molecule has 0 radical (unpaired) electrons. The van der Waals surface area contributed by atoms with Gasteiger partial charge in [0.15, 0.2) is 0 Å². The van der Waals surface area contributed by atoms with Crippen LogP contribution < -0.4 is 0 Å². The lowest BCUT2D eigenvalue weighted by atomic mass is 10.1. The summed E-state index contributed by atoms with van der Waals surface area (Å²) < 4.78 is 0. The third-order valence-electron chi connectivity index (χ3n) is 3.22. The summed E-state index contributed by atoms with van der Waals surface area (Å²) in [6.45, 7) is 0.919. The van der Waals surface area contributed by atoms with Gasteiger partial charge in [-0.05, 0) is 37.1 Å². The lowest BCUT2D eigenvalue weighted by molar-refractivity contribution is -0.132. The van der Waals surface area contributed by atoms with Crippen molar-refractivity contribution in [1.29, 1.82) is 0 Å². The zero-order valence-corrected chi connectivity index (χ0v) is 11.5. The summed E-state index contributed by atoms with van der Waals surface area (Å²) in [4.78, 5) is 15.5. The number of carbonyl (C=O) groups is 1. The van der Waals surface area contributed by atoms with Gasteiger partial charge in [-0.1, -0.05) is 6.07 Å². The minimum Gasteiger partial charge on any atom is -0.335 e. The summed E-state index contributed by atoms with van der Waals surface area (Å²) in [5.41, 5.74) is 0. The molecule has 1 saturated heterocycles. The quantitative estimate of drug-likeness (QED) is 0.589. The molecule has 2 heterocycles. The standard InChI is InChI=1S/C13H18ClNOS/c14-8-2-1-7-13(16)15-9-3-5-11(15)12-6-4-10-17-12/h4,6,10-11H,1-3,5,7-9H2. The van der Waals surface area contributed by atoms with Crippen molar-refractivity contribution in [3.8, 4) is 0 Å². The summed E-state index contributed by atoms with van der Waals surface area (Å²) in [5, 5.41) is 2.09. The van der Waals surface area contributed by atoms with E-state index in [9.17, 15) is 4.79 Å². The van der Waals surface area contributed by atoms with E-state index in [1.807, 2.05) is 0 Å². The molecule has 1 aromatic heterocycles. The van der Waals surface area contributed by atoms with Crippen molar-refractivity contribution in [1.82, 2.24) is 4.90 Å². The molecule has 0 N–H and O–H groups in total. The first-order valence-corrected chi connectivity index (χ1v) is 7.63. The van der Waals surface area contributed by atoms with Crippen LogP contribution >= 0.6 is 22.9 Å². The van der Waals surface area contributed by atoms with Gasteiger partial charge in [0.1, 0.15) is 0 Å². The van der Waals surface area contributed by atoms with Crippen LogP contribution in [0.4, 0.5) is 0 Å². The molecule has 1 unspecified atom stereocenters. The lowest BCUT2D eigenvalue weighted by Crippen LogP contribution is -2.29. The van der Waals surface area contributed by atoms with Gasteiger partial charge >= 0.3 is 0 Å². The zero-order valence-electron chi connectivity index (χ0n) is 9.90. The number of thiophene rings is 1. The molecule has 0 bridgehead atoms. The van der Waals surface area contributed by atoms with Crippen molar-refractivity contribution in [2.24, 2.45) is 0 Å². The Bertz CT molecular complexity index is 352. The van der Waals surface area contributed by atoms with E-state index >= 15 is 0 Å². The van der Waals surface area contributed by atoms with Crippen LogP contribution in [0.1, 0.15) is 43.0 Å². The minimum atomic E-state index is 0.297. The summed E-state index contributed by atoms with van der Waals surface area (Å²) in [6, 6.07) is 4.53. The molecule has 2 rings (SSSR count). The van der Waals surface area contributed by atoms with Crippen molar-refractivity contribution in [3.63, 3.8) is 0 Å². The zero-order chi connectivity index (χ0) is 12.1. The average molecular weight is 272 g/mol. The van der Waals surface area contributed by atoms with Gasteiger partial charge in [-0.2, -0.15) is 0 Å². The van der Waals surface area contributed by atoms with Gasteiger partial charge in [0.2, 0.25) is 5.91 Å². The molecule has 1 aliphatic rings. The Kier molecular flexibility index (Phi) is 4.86. The Morgan fingerprint density at radius 2 is 2.41 bits per heavy atom. The van der Waals surface area contributed by atoms with E-state index in [-0.39, 0.29) is 0 Å². The SMILES string of the molecule is O=C(CCCCCl)N1CCCC1c1cccs1. The van der Waals surface area contributed by atoms with E-state index < -0.39 is 0 Å². The number of carbonyl (C=O) groups excluding carboxylic acids is 1. The summed E-state index contributed by atoms with van der Waals surface area (Å²) in [6.07, 6.45) is 4.74. The predicted molar refractivity (Wildman–Crippen MR) is 72.6 cm³/mol. The van der Waals surface area contributed by atoms with E-state index in [0.717, 1.165) is 32.2 Å². The van der Waals surface area contributed by atoms with Crippen LogP contribution in [0, 0.1) is 0 Å². The third-order valence-corrected chi connectivity index (χ3v) is 4.46. The Morgan fingerprint density at radius 3 is 3.12 bits per heavy atom. The average Bonchev–Trinajstić information content (AvgIpc) is 2.99. The number of halogens is 1. The maximum atomic E-state index is 12.1. The van der Waals surface area contributed by atoms with Crippen LogP contribution in [0.3, 0.4) is 0 Å². The molecule has 0 spiro atoms. The molecular weight excluding hydrogens is 254 g/mol. The highest BCUT2D eigenvalue weighted by molar-refractivity contribution is 7.10. The molecule has 1 amide bonds. The van der Waals surface area contributed by atoms with Gasteiger partial charge in [-0.25, -0.2) is 0 Å². The van der Waals surface area contributed by atoms with E-state index in [2.05, 4.69) is 22.4 Å². The molecule has 0 saturated carbocycles. The molecule has 0 aliphatic carbocycles. The molecule has 1 aromatic rings. The smallest absolute Gasteiger partial charge is 0.223 e. The third kappa shape index (κ3) is 3.23. The van der Waals surface area contributed by atoms with Crippen molar-refractivity contribution >= 4 is 28.8 Å². The van der Waals surface area contributed by atoms with Crippen molar-refractivity contribution in [2.45, 2.75) is 38.1 Å². The van der Waals surface area contributed by atoms with Crippen LogP contribution in [0.2, 0.25) is 0 Å². The first-order valence-electron chi connectivity index (χ1n) is 6.22. The second-order valence-corrected chi connectivity index (χ2v) is 5.76. The maximum absolute atomic E-state index is 12.1. The summed E-state index contributed by atoms with van der Waals surface area (Å²) >= 11 is 7.39. The fraction of sp³-hybridized carbons (Fsp3) is 0.615. The van der Waals surface area contributed by atoms with Gasteiger partial charge in [0.05, 0.1) is 6.04 Å². The normalized spacial score (nSPS) is 19.8. The topological polar surface area (TPSA) is 20.3 Å². The second kappa shape index (κ2) is 6.41. The number of amides is 1. The molecule has 1 aliphatic heterocycles. The maximum Gasteiger partial charge on any atom is 0.223 e. The Morgan fingerprint density at radius 1 is 1.53 bits per heavy atom. The fourth-order valence-electron chi connectivity index (χ4n) is 2.36. The number of rotatable bonds is 5. The molecule has 17 heavy (non-hydrogen) atoms. The first-order chi connectivity index (χ1) is 8.33. The van der Waals surface area contributed by atoms with Crippen molar-refractivity contribution < 1.29 is 4.79 Å². The van der Waals surface area contributed by atoms with E-state index in [4.69, 9.17) is 11.6 Å². The van der Waals surface area contributed by atoms with E-state index in [0.29, 0.717) is 24.2 Å². The monoisotopic (exact) mass is 271 g/mol. The molecule has 2 nitrogen and oxygen atoms in total. The van der Waals surface area contributed by atoms with E-state index in [1.165, 1.54) is 4.88 Å². The Balaban J connectivity index is 1.93. The van der Waals surface area contributed by atoms with E-state index in [1.54, 1.807) is 11.3 Å². The second-order valence-electron chi connectivity index (χ2n) is 4.41. The number of alkyl halides is 1. The number of hydrogen-bond acceptors (Lipinski definition) is 2. The van der Waals surface area contributed by atoms with Crippen LogP contribution in [0.15, 0.2) is 17.5 Å². The molecule has 1 atom stereocenters. The summed E-state index contributed by atoms with van der Waals surface area (Å²) in [5.74, 6) is 0.952. The highest BCUT2D eigenvalue weighted by Gasteiger charge is 2.29. The largest absolute Gasteiger partial charge is 0.335 e. The van der Waals surface area contributed by atoms with Gasteiger partial charge < -0.3 is 4.90 Å². The number of likely N-dealkylation sites (tertiary alicyclic amines) is 1. The molecule has 94 valence electrons.